The van der Waals surface area contributed by atoms with Gasteiger partial charge in [0.1, 0.15) is 17.5 Å². The maximum absolute atomic E-state index is 13.9. The summed E-state index contributed by atoms with van der Waals surface area (Å²) in [6.45, 7) is 0. The first-order chi connectivity index (χ1) is 12.1. The number of hydrogen-bond donors (Lipinski definition) is 2. The molecule has 0 amide bonds. The number of halogens is 2. The van der Waals surface area contributed by atoms with Crippen LogP contribution in [0.2, 0.25) is 0 Å². The molecule has 124 valence electrons. The first-order valence-electron chi connectivity index (χ1n) is 7.58. The number of imidazole rings is 1. The number of nitrogens with two attached hydrogens (primary N) is 1. The molecule has 0 radical (unpaired) electrons. The van der Waals surface area contributed by atoms with Crippen LogP contribution < -0.4 is 5.73 Å². The van der Waals surface area contributed by atoms with E-state index in [9.17, 15) is 8.78 Å². The minimum absolute atomic E-state index is 0.162. The molecule has 3 aromatic heterocycles. The molecule has 0 spiro atoms. The van der Waals surface area contributed by atoms with Gasteiger partial charge in [-0.05, 0) is 29.8 Å². The molecule has 4 rings (SSSR count). The molecule has 25 heavy (non-hydrogen) atoms. The molecule has 0 fully saturated rings. The van der Waals surface area contributed by atoms with E-state index in [1.54, 1.807) is 18.6 Å². The lowest BCUT2D eigenvalue weighted by Crippen LogP contribution is -2.15. The fraction of sp³-hybridized carbons (Fsp3) is 0.0556. The molecule has 1 aromatic carbocycles. The molecule has 3 heterocycles. The zero-order chi connectivity index (χ0) is 17.4. The Morgan fingerprint density at radius 3 is 2.56 bits per heavy atom. The van der Waals surface area contributed by atoms with Gasteiger partial charge in [0.15, 0.2) is 5.65 Å². The van der Waals surface area contributed by atoms with E-state index in [-0.39, 0.29) is 5.56 Å². The molecule has 0 saturated heterocycles. The van der Waals surface area contributed by atoms with E-state index in [1.807, 2.05) is 18.2 Å². The number of fused-ring (bicyclic) bond motifs is 1. The second-order valence-corrected chi connectivity index (χ2v) is 5.60. The van der Waals surface area contributed by atoms with Crippen molar-refractivity contribution in [1.82, 2.24) is 19.9 Å². The summed E-state index contributed by atoms with van der Waals surface area (Å²) in [6.07, 6.45) is 5.10. The maximum Gasteiger partial charge on any atom is 0.177 e. The lowest BCUT2D eigenvalue weighted by Gasteiger charge is -2.10. The van der Waals surface area contributed by atoms with Crippen LogP contribution in [-0.2, 0) is 0 Å². The number of hydrogen-bond acceptors (Lipinski definition) is 4. The second kappa shape index (κ2) is 6.03. The first kappa shape index (κ1) is 15.3. The third kappa shape index (κ3) is 2.85. The number of pyridine rings is 2. The molecule has 0 saturated carbocycles. The molecule has 0 bridgehead atoms. The first-order valence-corrected chi connectivity index (χ1v) is 7.58. The second-order valence-electron chi connectivity index (χ2n) is 5.60. The van der Waals surface area contributed by atoms with Crippen LogP contribution in [0.25, 0.3) is 22.3 Å². The normalized spacial score (nSPS) is 12.4. The summed E-state index contributed by atoms with van der Waals surface area (Å²) in [5, 5.41) is 0. The van der Waals surface area contributed by atoms with Crippen LogP contribution in [0.3, 0.4) is 0 Å². The van der Waals surface area contributed by atoms with Gasteiger partial charge < -0.3 is 10.7 Å². The largest absolute Gasteiger partial charge is 0.339 e. The number of rotatable bonds is 3. The van der Waals surface area contributed by atoms with Gasteiger partial charge in [0.2, 0.25) is 0 Å². The molecule has 3 N–H and O–H groups in total. The summed E-state index contributed by atoms with van der Waals surface area (Å²) in [5.41, 5.74) is 9.27. The number of aromatic nitrogens is 4. The van der Waals surface area contributed by atoms with Gasteiger partial charge in [0.25, 0.3) is 0 Å². The molecule has 4 aromatic rings. The Labute approximate surface area is 141 Å². The van der Waals surface area contributed by atoms with E-state index < -0.39 is 17.7 Å². The quantitative estimate of drug-likeness (QED) is 0.601. The van der Waals surface area contributed by atoms with Crippen LogP contribution in [-0.4, -0.2) is 19.9 Å². The van der Waals surface area contributed by atoms with Crippen molar-refractivity contribution < 1.29 is 8.78 Å². The fourth-order valence-corrected chi connectivity index (χ4v) is 2.67. The maximum atomic E-state index is 13.9. The molecule has 5 nitrogen and oxygen atoms in total. The Bertz CT molecular complexity index is 1050. The van der Waals surface area contributed by atoms with Crippen molar-refractivity contribution in [2.75, 3.05) is 0 Å². The van der Waals surface area contributed by atoms with E-state index >= 15 is 0 Å². The van der Waals surface area contributed by atoms with Crippen LogP contribution in [0.15, 0.2) is 55.0 Å². The van der Waals surface area contributed by atoms with Crippen LogP contribution in [0.5, 0.6) is 0 Å². The van der Waals surface area contributed by atoms with Gasteiger partial charge in [-0.3, -0.25) is 4.98 Å². The van der Waals surface area contributed by atoms with Crippen molar-refractivity contribution in [2.24, 2.45) is 5.73 Å². The van der Waals surface area contributed by atoms with Gasteiger partial charge >= 0.3 is 0 Å². The summed E-state index contributed by atoms with van der Waals surface area (Å²) in [5.74, 6) is -1.00. The standard InChI is InChI=1S/C18H13F2N5/c19-12-1-2-13(14(20)8-12)16(21)18-24-15-7-11(9-23-17(15)25-18)10-3-5-22-6-4-10/h1-9,16H,21H2,(H,23,24,25). The molecule has 1 atom stereocenters. The number of nitrogens with one attached hydrogen (secondary N) is 1. The minimum atomic E-state index is -0.848. The molecule has 0 aliphatic carbocycles. The van der Waals surface area contributed by atoms with Gasteiger partial charge in [0.05, 0.1) is 11.6 Å². The predicted molar refractivity (Wildman–Crippen MR) is 89.5 cm³/mol. The summed E-state index contributed by atoms with van der Waals surface area (Å²) >= 11 is 0. The van der Waals surface area contributed by atoms with Crippen molar-refractivity contribution in [3.63, 3.8) is 0 Å². The predicted octanol–water partition coefficient (Wildman–Crippen LogP) is 3.35. The Hall–Kier alpha value is -3.19. The van der Waals surface area contributed by atoms with E-state index in [0.717, 1.165) is 17.2 Å². The van der Waals surface area contributed by atoms with Crippen molar-refractivity contribution >= 4 is 11.2 Å². The summed E-state index contributed by atoms with van der Waals surface area (Å²) < 4.78 is 27.0. The van der Waals surface area contributed by atoms with Gasteiger partial charge in [-0.2, -0.15) is 0 Å². The number of H-pyrrole nitrogens is 1. The van der Waals surface area contributed by atoms with E-state index in [2.05, 4.69) is 19.9 Å². The van der Waals surface area contributed by atoms with Gasteiger partial charge in [-0.15, -0.1) is 0 Å². The van der Waals surface area contributed by atoms with Gasteiger partial charge in [0, 0.05) is 35.8 Å². The third-order valence-corrected chi connectivity index (χ3v) is 3.96. The van der Waals surface area contributed by atoms with Crippen molar-refractivity contribution in [1.29, 1.82) is 0 Å². The highest BCUT2D eigenvalue weighted by Gasteiger charge is 2.18. The van der Waals surface area contributed by atoms with E-state index in [0.29, 0.717) is 17.0 Å². The van der Waals surface area contributed by atoms with Gasteiger partial charge in [-0.25, -0.2) is 18.7 Å². The lowest BCUT2D eigenvalue weighted by molar-refractivity contribution is 0.563. The highest BCUT2D eigenvalue weighted by atomic mass is 19.1. The average Bonchev–Trinajstić information content (AvgIpc) is 3.05. The number of nitrogens with zero attached hydrogens (tertiary/aromatic N) is 3. The number of aromatic amines is 1. The highest BCUT2D eigenvalue weighted by Crippen LogP contribution is 2.25. The summed E-state index contributed by atoms with van der Waals surface area (Å²) in [7, 11) is 0. The lowest BCUT2D eigenvalue weighted by atomic mass is 10.1. The highest BCUT2D eigenvalue weighted by molar-refractivity contribution is 5.78. The molecular weight excluding hydrogens is 324 g/mol. The average molecular weight is 337 g/mol. The van der Waals surface area contributed by atoms with E-state index in [1.165, 1.54) is 12.1 Å². The Kier molecular flexibility index (Phi) is 3.70. The fourth-order valence-electron chi connectivity index (χ4n) is 2.67. The summed E-state index contributed by atoms with van der Waals surface area (Å²) in [6, 6.07) is 8.08. The van der Waals surface area contributed by atoms with Crippen LogP contribution >= 0.6 is 0 Å². The molecule has 7 heteroatoms. The minimum Gasteiger partial charge on any atom is -0.339 e. The topological polar surface area (TPSA) is 80.5 Å². The molecular formula is C18H13F2N5. The zero-order valence-electron chi connectivity index (χ0n) is 12.9. The van der Waals surface area contributed by atoms with Crippen LogP contribution in [0, 0.1) is 11.6 Å². The third-order valence-electron chi connectivity index (χ3n) is 3.96. The Morgan fingerprint density at radius 1 is 1.00 bits per heavy atom. The number of benzene rings is 1. The monoisotopic (exact) mass is 337 g/mol. The van der Waals surface area contributed by atoms with Crippen molar-refractivity contribution in [3.8, 4) is 11.1 Å². The SMILES string of the molecule is NC(c1nc2ncc(-c3ccncc3)cc2[nH]1)c1ccc(F)cc1F. The molecule has 0 aliphatic rings. The summed E-state index contributed by atoms with van der Waals surface area (Å²) in [4.78, 5) is 15.7. The molecule has 0 aliphatic heterocycles. The van der Waals surface area contributed by atoms with Crippen LogP contribution in [0.4, 0.5) is 8.78 Å². The van der Waals surface area contributed by atoms with Gasteiger partial charge in [-0.1, -0.05) is 6.07 Å². The van der Waals surface area contributed by atoms with Crippen molar-refractivity contribution in [3.05, 3.63) is 78.0 Å². The van der Waals surface area contributed by atoms with E-state index in [4.69, 9.17) is 5.73 Å². The Morgan fingerprint density at radius 2 is 1.80 bits per heavy atom. The Balaban J connectivity index is 1.74. The van der Waals surface area contributed by atoms with Crippen molar-refractivity contribution in [2.45, 2.75) is 6.04 Å². The zero-order valence-corrected chi connectivity index (χ0v) is 12.9. The molecule has 1 unspecified atom stereocenters. The van der Waals surface area contributed by atoms with Crippen LogP contribution in [0.1, 0.15) is 17.4 Å². The smallest absolute Gasteiger partial charge is 0.177 e.